The Morgan fingerprint density at radius 2 is 1.82 bits per heavy atom. The Hall–Kier alpha value is -4.08. The molecule has 5 nitrogen and oxygen atoms in total. The average molecular weight is 526 g/mol. The minimum Gasteiger partial charge on any atom is -0.488 e. The number of amides is 1. The molecule has 170 valence electrons. The van der Waals surface area contributed by atoms with E-state index in [2.05, 4.69) is 27.3 Å². The van der Waals surface area contributed by atoms with Gasteiger partial charge in [0.2, 0.25) is 0 Å². The van der Waals surface area contributed by atoms with Crippen LogP contribution in [0, 0.1) is 22.7 Å². The fourth-order valence-electron chi connectivity index (χ4n) is 2.95. The van der Waals surface area contributed by atoms with Crippen molar-refractivity contribution >= 4 is 33.6 Å². The Kier molecular flexibility index (Phi) is 7.72. The summed E-state index contributed by atoms with van der Waals surface area (Å²) in [7, 11) is 0. The van der Waals surface area contributed by atoms with E-state index in [0.717, 1.165) is 18.2 Å². The molecule has 0 unspecified atom stereocenters. The van der Waals surface area contributed by atoms with E-state index in [1.807, 2.05) is 0 Å². The normalized spacial score (nSPS) is 11.3. The first kappa shape index (κ1) is 24.6. The van der Waals surface area contributed by atoms with Gasteiger partial charge in [-0.3, -0.25) is 4.79 Å². The molecule has 3 rings (SSSR count). The van der Waals surface area contributed by atoms with Crippen LogP contribution in [0.15, 0.2) is 76.8 Å². The Balaban J connectivity index is 1.85. The first-order chi connectivity index (χ1) is 16.2. The van der Waals surface area contributed by atoms with Gasteiger partial charge >= 0.3 is 6.18 Å². The highest BCUT2D eigenvalue weighted by Crippen LogP contribution is 2.31. The summed E-state index contributed by atoms with van der Waals surface area (Å²) >= 11 is 3.33. The van der Waals surface area contributed by atoms with Crippen molar-refractivity contribution in [2.75, 3.05) is 5.32 Å². The van der Waals surface area contributed by atoms with Crippen molar-refractivity contribution in [3.63, 3.8) is 0 Å². The molecule has 3 aromatic carbocycles. The summed E-state index contributed by atoms with van der Waals surface area (Å²) in [6.45, 7) is 0.0739. The molecule has 0 saturated heterocycles. The van der Waals surface area contributed by atoms with E-state index in [9.17, 15) is 28.5 Å². The van der Waals surface area contributed by atoms with Crippen LogP contribution in [0.3, 0.4) is 0 Å². The molecule has 0 bridgehead atoms. The summed E-state index contributed by atoms with van der Waals surface area (Å²) in [5.41, 5.74) is 0.144. The second-order valence-corrected chi connectivity index (χ2v) is 7.86. The van der Waals surface area contributed by atoms with E-state index in [1.165, 1.54) is 12.1 Å². The zero-order valence-electron chi connectivity index (χ0n) is 17.4. The van der Waals surface area contributed by atoms with E-state index in [1.54, 1.807) is 48.5 Å². The maximum absolute atomic E-state index is 12.9. The average Bonchev–Trinajstić information content (AvgIpc) is 2.81. The molecule has 34 heavy (non-hydrogen) atoms. The van der Waals surface area contributed by atoms with Gasteiger partial charge in [-0.25, -0.2) is 0 Å². The molecule has 3 aromatic rings. The lowest BCUT2D eigenvalue weighted by molar-refractivity contribution is -0.137. The number of anilines is 1. The predicted molar refractivity (Wildman–Crippen MR) is 123 cm³/mol. The SMILES string of the molecule is N#C/C(=C/c1cc(Br)ccc1OCc1ccccc1C#N)C(=O)Nc1cccc(C(F)(F)F)c1. The molecule has 0 aliphatic rings. The van der Waals surface area contributed by atoms with Crippen molar-refractivity contribution in [2.45, 2.75) is 12.8 Å². The van der Waals surface area contributed by atoms with Crippen molar-refractivity contribution in [1.29, 1.82) is 10.5 Å². The molecule has 0 radical (unpaired) electrons. The summed E-state index contributed by atoms with van der Waals surface area (Å²) < 4.78 is 45.3. The molecule has 1 N–H and O–H groups in total. The summed E-state index contributed by atoms with van der Waals surface area (Å²) in [6, 6.07) is 19.8. The number of nitriles is 2. The highest BCUT2D eigenvalue weighted by molar-refractivity contribution is 9.10. The van der Waals surface area contributed by atoms with Crippen LogP contribution in [0.4, 0.5) is 18.9 Å². The van der Waals surface area contributed by atoms with Crippen LogP contribution >= 0.6 is 15.9 Å². The lowest BCUT2D eigenvalue weighted by Gasteiger charge is -2.12. The second kappa shape index (κ2) is 10.7. The molecule has 0 atom stereocenters. The number of carbonyl (C=O) groups is 1. The third-order valence-electron chi connectivity index (χ3n) is 4.61. The van der Waals surface area contributed by atoms with Crippen LogP contribution < -0.4 is 10.1 Å². The van der Waals surface area contributed by atoms with Crippen LogP contribution in [0.1, 0.15) is 22.3 Å². The van der Waals surface area contributed by atoms with Gasteiger partial charge in [-0.2, -0.15) is 23.7 Å². The van der Waals surface area contributed by atoms with Gasteiger partial charge in [0.05, 0.1) is 17.2 Å². The number of hydrogen-bond donors (Lipinski definition) is 1. The van der Waals surface area contributed by atoms with Crippen molar-refractivity contribution in [1.82, 2.24) is 0 Å². The van der Waals surface area contributed by atoms with Gasteiger partial charge in [0.25, 0.3) is 5.91 Å². The standard InChI is InChI=1S/C25H15BrF3N3O2/c26-21-8-9-23(34-15-17-5-2-1-4-16(17)13-30)18(11-21)10-19(14-31)24(33)32-22-7-3-6-20(12-22)25(27,28)29/h1-12H,15H2,(H,32,33)/b19-10-. The first-order valence-corrected chi connectivity index (χ1v) is 10.5. The molecule has 0 aliphatic carbocycles. The Morgan fingerprint density at radius 3 is 2.53 bits per heavy atom. The molecular weight excluding hydrogens is 511 g/mol. The van der Waals surface area contributed by atoms with Crippen molar-refractivity contribution in [3.8, 4) is 17.9 Å². The number of ether oxygens (including phenoxy) is 1. The van der Waals surface area contributed by atoms with Gasteiger partial charge in [0, 0.05) is 21.3 Å². The first-order valence-electron chi connectivity index (χ1n) is 9.72. The number of hydrogen-bond acceptors (Lipinski definition) is 4. The van der Waals surface area contributed by atoms with Crippen molar-refractivity contribution in [2.24, 2.45) is 0 Å². The maximum Gasteiger partial charge on any atom is 0.416 e. The number of nitrogens with one attached hydrogen (secondary N) is 1. The van der Waals surface area contributed by atoms with Crippen LogP contribution in [-0.2, 0) is 17.6 Å². The van der Waals surface area contributed by atoms with E-state index in [4.69, 9.17) is 4.74 Å². The van der Waals surface area contributed by atoms with E-state index < -0.39 is 17.6 Å². The number of rotatable bonds is 6. The molecule has 0 heterocycles. The molecule has 0 spiro atoms. The zero-order valence-corrected chi connectivity index (χ0v) is 18.9. The zero-order chi connectivity index (χ0) is 24.7. The Labute approximate surface area is 201 Å². The lowest BCUT2D eigenvalue weighted by Crippen LogP contribution is -2.14. The molecule has 0 aliphatic heterocycles. The highest BCUT2D eigenvalue weighted by atomic mass is 79.9. The van der Waals surface area contributed by atoms with Crippen LogP contribution in [0.2, 0.25) is 0 Å². The molecule has 0 saturated carbocycles. The summed E-state index contributed by atoms with van der Waals surface area (Å²) in [5.74, 6) is -0.530. The monoisotopic (exact) mass is 525 g/mol. The van der Waals surface area contributed by atoms with Gasteiger partial charge in [0.1, 0.15) is 24.0 Å². The Morgan fingerprint density at radius 1 is 1.06 bits per heavy atom. The molecular formula is C25H15BrF3N3O2. The molecule has 1 amide bonds. The van der Waals surface area contributed by atoms with Gasteiger partial charge < -0.3 is 10.1 Å². The van der Waals surface area contributed by atoms with E-state index in [-0.39, 0.29) is 17.9 Å². The third-order valence-corrected chi connectivity index (χ3v) is 5.10. The number of benzene rings is 3. The fraction of sp³-hybridized carbons (Fsp3) is 0.0800. The summed E-state index contributed by atoms with van der Waals surface area (Å²) in [5, 5.41) is 21.1. The van der Waals surface area contributed by atoms with Crippen LogP contribution in [-0.4, -0.2) is 5.91 Å². The fourth-order valence-corrected chi connectivity index (χ4v) is 3.33. The van der Waals surface area contributed by atoms with Crippen molar-refractivity contribution < 1.29 is 22.7 Å². The minimum atomic E-state index is -4.57. The summed E-state index contributed by atoms with van der Waals surface area (Å²) in [6.07, 6.45) is -3.29. The Bertz CT molecular complexity index is 1340. The van der Waals surface area contributed by atoms with Crippen LogP contribution in [0.5, 0.6) is 5.75 Å². The van der Waals surface area contributed by atoms with Gasteiger partial charge in [-0.15, -0.1) is 0 Å². The quantitative estimate of drug-likeness (QED) is 0.295. The predicted octanol–water partition coefficient (Wildman–Crippen LogP) is 6.46. The van der Waals surface area contributed by atoms with Crippen molar-refractivity contribution in [3.05, 3.63) is 99.0 Å². The smallest absolute Gasteiger partial charge is 0.416 e. The highest BCUT2D eigenvalue weighted by Gasteiger charge is 2.30. The molecule has 0 fully saturated rings. The number of alkyl halides is 3. The maximum atomic E-state index is 12.9. The second-order valence-electron chi connectivity index (χ2n) is 6.94. The van der Waals surface area contributed by atoms with E-state index >= 15 is 0 Å². The number of halogens is 4. The topological polar surface area (TPSA) is 85.9 Å². The lowest BCUT2D eigenvalue weighted by atomic mass is 10.1. The number of nitrogens with zero attached hydrogens (tertiary/aromatic N) is 2. The largest absolute Gasteiger partial charge is 0.488 e. The summed E-state index contributed by atoms with van der Waals surface area (Å²) in [4.78, 5) is 12.6. The molecule has 0 aromatic heterocycles. The van der Waals surface area contributed by atoms with Gasteiger partial charge in [-0.05, 0) is 48.5 Å². The third kappa shape index (κ3) is 6.25. The van der Waals surface area contributed by atoms with E-state index in [0.29, 0.717) is 26.9 Å². The van der Waals surface area contributed by atoms with Gasteiger partial charge in [-0.1, -0.05) is 40.2 Å². The number of carbonyl (C=O) groups excluding carboxylic acids is 1. The minimum absolute atomic E-state index is 0.0739. The molecule has 9 heteroatoms. The van der Waals surface area contributed by atoms with Gasteiger partial charge in [0.15, 0.2) is 0 Å². The van der Waals surface area contributed by atoms with Crippen LogP contribution in [0.25, 0.3) is 6.08 Å².